The van der Waals surface area contributed by atoms with Crippen LogP contribution in [0.4, 0.5) is 22.6 Å². The van der Waals surface area contributed by atoms with Crippen molar-refractivity contribution in [2.45, 2.75) is 31.2 Å². The second-order valence-electron chi connectivity index (χ2n) is 6.98. The first-order chi connectivity index (χ1) is 14.7. The van der Waals surface area contributed by atoms with Crippen LogP contribution in [-0.2, 0) is 9.59 Å². The largest absolute Gasteiger partial charge is 0.481 e. The SMILES string of the molecule is Nc1nc(N)c2c(n1)NCC2CCNc1ccc(C(=O)N[C@@H](CCC(=O)O)C(=O)O)s1. The molecule has 13 heteroatoms. The molecule has 1 aliphatic heterocycles. The van der Waals surface area contributed by atoms with E-state index < -0.39 is 23.9 Å². The van der Waals surface area contributed by atoms with Crippen LogP contribution < -0.4 is 27.4 Å². The van der Waals surface area contributed by atoms with Gasteiger partial charge in [0.2, 0.25) is 5.95 Å². The number of nitrogens with zero attached hydrogens (tertiary/aromatic N) is 2. The zero-order valence-electron chi connectivity index (χ0n) is 16.4. The lowest BCUT2D eigenvalue weighted by molar-refractivity contribution is -0.140. The Kier molecular flexibility index (Phi) is 6.74. The lowest BCUT2D eigenvalue weighted by Gasteiger charge is -2.13. The fraction of sp³-hybridized carbons (Fsp3) is 0.389. The van der Waals surface area contributed by atoms with Crippen LogP contribution in [-0.4, -0.2) is 57.2 Å². The average molecular weight is 449 g/mol. The highest BCUT2D eigenvalue weighted by molar-refractivity contribution is 7.17. The van der Waals surface area contributed by atoms with Crippen LogP contribution in [0.1, 0.15) is 40.4 Å². The summed E-state index contributed by atoms with van der Waals surface area (Å²) >= 11 is 1.18. The van der Waals surface area contributed by atoms with E-state index in [1.54, 1.807) is 12.1 Å². The van der Waals surface area contributed by atoms with Crippen LogP contribution in [0.2, 0.25) is 0 Å². The number of nitrogens with one attached hydrogen (secondary N) is 3. The van der Waals surface area contributed by atoms with Crippen LogP contribution in [0, 0.1) is 0 Å². The minimum Gasteiger partial charge on any atom is -0.481 e. The number of hydrogen-bond donors (Lipinski definition) is 7. The number of aliphatic carboxylic acids is 2. The van der Waals surface area contributed by atoms with Gasteiger partial charge < -0.3 is 37.6 Å². The molecular weight excluding hydrogens is 426 g/mol. The van der Waals surface area contributed by atoms with Crippen LogP contribution in [0.15, 0.2) is 12.1 Å². The predicted molar refractivity (Wildman–Crippen MR) is 115 cm³/mol. The zero-order chi connectivity index (χ0) is 22.5. The van der Waals surface area contributed by atoms with Crippen molar-refractivity contribution in [2.75, 3.05) is 35.2 Å². The number of amides is 1. The van der Waals surface area contributed by atoms with Gasteiger partial charge in [-0.1, -0.05) is 0 Å². The number of rotatable bonds is 10. The van der Waals surface area contributed by atoms with Gasteiger partial charge in [-0.05, 0) is 25.0 Å². The van der Waals surface area contributed by atoms with Crippen molar-refractivity contribution in [1.29, 1.82) is 0 Å². The molecule has 2 atom stereocenters. The number of thiophene rings is 1. The number of fused-ring (bicyclic) bond motifs is 1. The van der Waals surface area contributed by atoms with E-state index in [4.69, 9.17) is 21.7 Å². The molecular formula is C18H23N7O5S. The minimum absolute atomic E-state index is 0.122. The first kappa shape index (κ1) is 22.1. The summed E-state index contributed by atoms with van der Waals surface area (Å²) in [5, 5.41) is 27.4. The van der Waals surface area contributed by atoms with Crippen molar-refractivity contribution in [3.05, 3.63) is 22.6 Å². The van der Waals surface area contributed by atoms with Gasteiger partial charge in [-0.25, -0.2) is 4.79 Å². The molecule has 12 nitrogen and oxygen atoms in total. The summed E-state index contributed by atoms with van der Waals surface area (Å²) in [6.45, 7) is 1.28. The Morgan fingerprint density at radius 2 is 2.03 bits per heavy atom. The van der Waals surface area contributed by atoms with Crippen LogP contribution >= 0.6 is 11.3 Å². The highest BCUT2D eigenvalue weighted by atomic mass is 32.1. The summed E-state index contributed by atoms with van der Waals surface area (Å²) < 4.78 is 0. The maximum absolute atomic E-state index is 12.3. The predicted octanol–water partition coefficient (Wildman–Crippen LogP) is 0.762. The van der Waals surface area contributed by atoms with E-state index in [1.165, 1.54) is 11.3 Å². The number of carboxylic acid groups (broad SMARTS) is 2. The number of nitrogen functional groups attached to an aromatic ring is 2. The van der Waals surface area contributed by atoms with Gasteiger partial charge in [-0.2, -0.15) is 9.97 Å². The van der Waals surface area contributed by atoms with Crippen molar-refractivity contribution in [2.24, 2.45) is 0 Å². The van der Waals surface area contributed by atoms with E-state index in [9.17, 15) is 14.4 Å². The van der Waals surface area contributed by atoms with Crippen molar-refractivity contribution in [1.82, 2.24) is 15.3 Å². The maximum Gasteiger partial charge on any atom is 0.326 e. The Morgan fingerprint density at radius 1 is 1.26 bits per heavy atom. The maximum atomic E-state index is 12.3. The smallest absolute Gasteiger partial charge is 0.326 e. The molecule has 1 unspecified atom stereocenters. The first-order valence-electron chi connectivity index (χ1n) is 9.50. The molecule has 3 rings (SSSR count). The second kappa shape index (κ2) is 9.47. The Hall–Kier alpha value is -3.61. The summed E-state index contributed by atoms with van der Waals surface area (Å²) in [4.78, 5) is 42.7. The number of carbonyl (C=O) groups excluding carboxylic acids is 1. The van der Waals surface area contributed by atoms with Crippen molar-refractivity contribution < 1.29 is 24.6 Å². The molecule has 166 valence electrons. The van der Waals surface area contributed by atoms with Gasteiger partial charge in [-0.3, -0.25) is 9.59 Å². The second-order valence-corrected chi connectivity index (χ2v) is 8.07. The summed E-state index contributed by atoms with van der Waals surface area (Å²) in [6, 6.07) is 2.05. The van der Waals surface area contributed by atoms with E-state index in [-0.39, 0.29) is 24.7 Å². The Morgan fingerprint density at radius 3 is 2.74 bits per heavy atom. The fourth-order valence-electron chi connectivity index (χ4n) is 3.29. The summed E-state index contributed by atoms with van der Waals surface area (Å²) in [5.74, 6) is -1.70. The monoisotopic (exact) mass is 449 g/mol. The topological polar surface area (TPSA) is 206 Å². The highest BCUT2D eigenvalue weighted by Crippen LogP contribution is 2.36. The molecule has 0 saturated heterocycles. The van der Waals surface area contributed by atoms with Gasteiger partial charge in [-0.15, -0.1) is 11.3 Å². The van der Waals surface area contributed by atoms with Gasteiger partial charge in [0, 0.05) is 31.0 Å². The molecule has 2 aromatic rings. The van der Waals surface area contributed by atoms with Gasteiger partial charge >= 0.3 is 11.9 Å². The van der Waals surface area contributed by atoms with Crippen molar-refractivity contribution in [3.8, 4) is 0 Å². The quantitative estimate of drug-likeness (QED) is 0.269. The minimum atomic E-state index is -1.28. The molecule has 0 fully saturated rings. The normalized spacial score (nSPS) is 15.5. The summed E-state index contributed by atoms with van der Waals surface area (Å²) in [7, 11) is 0. The number of carboxylic acids is 2. The third-order valence-corrected chi connectivity index (χ3v) is 5.83. The highest BCUT2D eigenvalue weighted by Gasteiger charge is 2.27. The lowest BCUT2D eigenvalue weighted by Crippen LogP contribution is -2.40. The zero-order valence-corrected chi connectivity index (χ0v) is 17.2. The van der Waals surface area contributed by atoms with E-state index in [2.05, 4.69) is 25.9 Å². The van der Waals surface area contributed by atoms with Crippen molar-refractivity contribution in [3.63, 3.8) is 0 Å². The number of anilines is 4. The number of carbonyl (C=O) groups is 3. The molecule has 0 aliphatic carbocycles. The molecule has 2 aromatic heterocycles. The van der Waals surface area contributed by atoms with Crippen LogP contribution in [0.5, 0.6) is 0 Å². The van der Waals surface area contributed by atoms with Crippen molar-refractivity contribution >= 4 is 51.8 Å². The van der Waals surface area contributed by atoms with E-state index in [1.807, 2.05) is 0 Å². The van der Waals surface area contributed by atoms with Crippen LogP contribution in [0.25, 0.3) is 0 Å². The van der Waals surface area contributed by atoms with E-state index in [0.29, 0.717) is 29.6 Å². The molecule has 0 spiro atoms. The molecule has 0 saturated carbocycles. The molecule has 31 heavy (non-hydrogen) atoms. The van der Waals surface area contributed by atoms with Gasteiger partial charge in [0.25, 0.3) is 5.91 Å². The average Bonchev–Trinajstić information content (AvgIpc) is 3.32. The third-order valence-electron chi connectivity index (χ3n) is 4.79. The molecule has 9 N–H and O–H groups in total. The molecule has 1 amide bonds. The lowest BCUT2D eigenvalue weighted by atomic mass is 10.00. The Bertz CT molecular complexity index is 996. The number of hydrogen-bond acceptors (Lipinski definition) is 10. The third kappa shape index (κ3) is 5.51. The van der Waals surface area contributed by atoms with Gasteiger partial charge in [0.15, 0.2) is 0 Å². The molecule has 0 bridgehead atoms. The standard InChI is InChI=1S/C18H23N7O5S/c19-14-13-8(7-22-15(13)25-18(20)24-14)5-6-21-11-3-2-10(31-11)16(28)23-9(17(29)30)1-4-12(26)27/h2-3,8-9,21H,1,4-7H2,(H,23,28)(H,26,27)(H,29,30)(H5,19,20,22,24,25)/t8?,9-/m0/s1. The molecule has 0 aromatic carbocycles. The Labute approximate surface area is 181 Å². The molecule has 0 radical (unpaired) electrons. The summed E-state index contributed by atoms with van der Waals surface area (Å²) in [5.41, 5.74) is 12.4. The first-order valence-corrected chi connectivity index (χ1v) is 10.3. The Balaban J connectivity index is 1.52. The summed E-state index contributed by atoms with van der Waals surface area (Å²) in [6.07, 6.45) is 0.200. The van der Waals surface area contributed by atoms with Crippen LogP contribution in [0.3, 0.4) is 0 Å². The fourth-order valence-corrected chi connectivity index (χ4v) is 4.12. The number of aromatic nitrogens is 2. The molecule has 1 aliphatic rings. The number of nitrogens with two attached hydrogens (primary N) is 2. The molecule has 3 heterocycles. The van der Waals surface area contributed by atoms with Gasteiger partial charge in [0.05, 0.1) is 9.88 Å². The van der Waals surface area contributed by atoms with E-state index in [0.717, 1.165) is 17.0 Å². The van der Waals surface area contributed by atoms with E-state index >= 15 is 0 Å². The van der Waals surface area contributed by atoms with Gasteiger partial charge in [0.1, 0.15) is 17.7 Å².